The molecule has 0 saturated heterocycles. The molecule has 0 saturated carbocycles. The Morgan fingerprint density at radius 2 is 1.89 bits per heavy atom. The van der Waals surface area contributed by atoms with Crippen LogP contribution in [-0.4, -0.2) is 26.0 Å². The van der Waals surface area contributed by atoms with Gasteiger partial charge in [-0.25, -0.2) is 14.4 Å². The largest absolute Gasteiger partial charge is 0.365 e. The first-order valence-corrected chi connectivity index (χ1v) is 11.9. The van der Waals surface area contributed by atoms with Crippen molar-refractivity contribution in [1.29, 1.82) is 0 Å². The van der Waals surface area contributed by atoms with Gasteiger partial charge in [-0.2, -0.15) is 0 Å². The Bertz CT molecular complexity index is 1600. The van der Waals surface area contributed by atoms with Crippen LogP contribution in [0, 0.1) is 19.7 Å². The zero-order chi connectivity index (χ0) is 25.9. The van der Waals surface area contributed by atoms with Crippen LogP contribution in [0.1, 0.15) is 33.2 Å². The maximum absolute atomic E-state index is 13.4. The summed E-state index contributed by atoms with van der Waals surface area (Å²) in [5.74, 6) is 0.197. The topological polar surface area (TPSA) is 106 Å². The number of amides is 1. The van der Waals surface area contributed by atoms with E-state index >= 15 is 0 Å². The van der Waals surface area contributed by atoms with Crippen LogP contribution in [0.15, 0.2) is 65.4 Å². The molecule has 0 aliphatic rings. The van der Waals surface area contributed by atoms with E-state index < -0.39 is 11.7 Å². The number of fused-ring (bicyclic) bond motifs is 1. The summed E-state index contributed by atoms with van der Waals surface area (Å²) in [6.07, 6.45) is 2.59. The lowest BCUT2D eigenvalue weighted by atomic mass is 10.0. The molecule has 1 amide bonds. The summed E-state index contributed by atoms with van der Waals surface area (Å²) in [5.41, 5.74) is 4.62. The number of rotatable bonds is 7. The highest BCUT2D eigenvalue weighted by Gasteiger charge is 2.17. The van der Waals surface area contributed by atoms with E-state index in [1.54, 1.807) is 6.07 Å². The average molecular weight is 517 g/mol. The minimum absolute atomic E-state index is 0.0180. The third kappa shape index (κ3) is 5.41. The highest BCUT2D eigenvalue weighted by molar-refractivity contribution is 6.30. The van der Waals surface area contributed by atoms with Crippen LogP contribution in [0.2, 0.25) is 5.02 Å². The van der Waals surface area contributed by atoms with Gasteiger partial charge in [0.25, 0.3) is 5.91 Å². The standard InChI is InChI=1S/C27H22ClFN6O2/c1-15-24(16(2)37-35-15)19-6-7-23-22(10-19)25(31-12-17-4-3-5-20(28)8-17)34-26(33-23)27(36)32-13-18-9-21(29)14-30-11-18/h3-11,14H,12-13H2,1-2H3,(H,32,36)(H,31,33,34). The summed E-state index contributed by atoms with van der Waals surface area (Å²) < 4.78 is 18.8. The van der Waals surface area contributed by atoms with Crippen LogP contribution < -0.4 is 10.6 Å². The first kappa shape index (κ1) is 24.3. The number of hydrogen-bond acceptors (Lipinski definition) is 7. The summed E-state index contributed by atoms with van der Waals surface area (Å²) >= 11 is 6.14. The Balaban J connectivity index is 1.50. The van der Waals surface area contributed by atoms with Crippen LogP contribution >= 0.6 is 11.6 Å². The first-order chi connectivity index (χ1) is 17.9. The molecule has 3 heterocycles. The van der Waals surface area contributed by atoms with E-state index in [-0.39, 0.29) is 12.4 Å². The predicted octanol–water partition coefficient (Wildman–Crippen LogP) is 5.63. The minimum atomic E-state index is -0.494. The van der Waals surface area contributed by atoms with Crippen molar-refractivity contribution < 1.29 is 13.7 Å². The van der Waals surface area contributed by atoms with Crippen molar-refractivity contribution in [1.82, 2.24) is 25.4 Å². The van der Waals surface area contributed by atoms with E-state index in [9.17, 15) is 9.18 Å². The number of aryl methyl sites for hydroxylation is 2. The fourth-order valence-electron chi connectivity index (χ4n) is 4.06. The third-order valence-corrected chi connectivity index (χ3v) is 6.02. The van der Waals surface area contributed by atoms with Crippen molar-refractivity contribution in [2.75, 3.05) is 5.32 Å². The molecule has 3 aromatic heterocycles. The Morgan fingerprint density at radius 1 is 1.03 bits per heavy atom. The van der Waals surface area contributed by atoms with Gasteiger partial charge in [0, 0.05) is 35.3 Å². The van der Waals surface area contributed by atoms with Crippen LogP contribution in [0.5, 0.6) is 0 Å². The molecule has 0 spiro atoms. The van der Waals surface area contributed by atoms with Crippen molar-refractivity contribution in [3.8, 4) is 11.1 Å². The lowest BCUT2D eigenvalue weighted by molar-refractivity contribution is 0.0941. The number of carbonyl (C=O) groups is 1. The molecule has 0 fully saturated rings. The molecule has 5 rings (SSSR count). The minimum Gasteiger partial charge on any atom is -0.365 e. The van der Waals surface area contributed by atoms with Gasteiger partial charge in [-0.05, 0) is 60.9 Å². The van der Waals surface area contributed by atoms with E-state index in [0.717, 1.165) is 34.0 Å². The molecule has 2 aromatic carbocycles. The quantitative estimate of drug-likeness (QED) is 0.288. The molecule has 37 heavy (non-hydrogen) atoms. The fraction of sp³-hybridized carbons (Fsp3) is 0.148. The second-order valence-electron chi connectivity index (χ2n) is 8.50. The molecule has 2 N–H and O–H groups in total. The second-order valence-corrected chi connectivity index (χ2v) is 8.94. The van der Waals surface area contributed by atoms with Crippen LogP contribution in [-0.2, 0) is 13.1 Å². The average Bonchev–Trinajstić information content (AvgIpc) is 3.23. The van der Waals surface area contributed by atoms with Crippen LogP contribution in [0.3, 0.4) is 0 Å². The van der Waals surface area contributed by atoms with Crippen LogP contribution in [0.25, 0.3) is 22.0 Å². The Hall–Kier alpha value is -4.37. The number of carbonyl (C=O) groups excluding carboxylic acids is 1. The van der Waals surface area contributed by atoms with E-state index in [4.69, 9.17) is 16.1 Å². The summed E-state index contributed by atoms with van der Waals surface area (Å²) in [7, 11) is 0. The number of halogens is 2. The number of nitrogens with one attached hydrogen (secondary N) is 2. The van der Waals surface area contributed by atoms with Crippen molar-refractivity contribution in [3.05, 3.63) is 100 Å². The number of aromatic nitrogens is 4. The molecule has 0 radical (unpaired) electrons. The summed E-state index contributed by atoms with van der Waals surface area (Å²) in [4.78, 5) is 25.8. The Morgan fingerprint density at radius 3 is 2.65 bits per heavy atom. The maximum Gasteiger partial charge on any atom is 0.289 e. The Kier molecular flexibility index (Phi) is 6.78. The highest BCUT2D eigenvalue weighted by Crippen LogP contribution is 2.31. The SMILES string of the molecule is Cc1noc(C)c1-c1ccc2nc(C(=O)NCc3cncc(F)c3)nc(NCc3cccc(Cl)c3)c2c1. The number of anilines is 1. The van der Waals surface area contributed by atoms with Gasteiger partial charge in [0.05, 0.1) is 17.4 Å². The molecule has 0 unspecified atom stereocenters. The fourth-order valence-corrected chi connectivity index (χ4v) is 4.27. The van der Waals surface area contributed by atoms with E-state index in [2.05, 4.69) is 30.7 Å². The van der Waals surface area contributed by atoms with Gasteiger partial charge in [0.2, 0.25) is 5.82 Å². The van der Waals surface area contributed by atoms with Crippen molar-refractivity contribution in [2.24, 2.45) is 0 Å². The molecular formula is C27H22ClFN6O2. The van der Waals surface area contributed by atoms with Gasteiger partial charge in [0.15, 0.2) is 0 Å². The highest BCUT2D eigenvalue weighted by atomic mass is 35.5. The maximum atomic E-state index is 13.4. The summed E-state index contributed by atoms with van der Waals surface area (Å²) in [6, 6.07) is 14.5. The van der Waals surface area contributed by atoms with Crippen LogP contribution in [0.4, 0.5) is 10.2 Å². The monoisotopic (exact) mass is 516 g/mol. The zero-order valence-electron chi connectivity index (χ0n) is 20.0. The lowest BCUT2D eigenvalue weighted by Gasteiger charge is -2.13. The van der Waals surface area contributed by atoms with Gasteiger partial charge in [-0.1, -0.05) is 35.0 Å². The smallest absolute Gasteiger partial charge is 0.289 e. The number of pyridine rings is 1. The van der Waals surface area contributed by atoms with Gasteiger partial charge >= 0.3 is 0 Å². The predicted molar refractivity (Wildman–Crippen MR) is 139 cm³/mol. The van der Waals surface area contributed by atoms with E-state index in [1.165, 1.54) is 12.3 Å². The number of hydrogen-bond donors (Lipinski definition) is 2. The number of benzene rings is 2. The molecular weight excluding hydrogens is 495 g/mol. The van der Waals surface area contributed by atoms with Gasteiger partial charge in [0.1, 0.15) is 17.4 Å². The first-order valence-electron chi connectivity index (χ1n) is 11.5. The third-order valence-electron chi connectivity index (χ3n) is 5.78. The summed E-state index contributed by atoms with van der Waals surface area (Å²) in [6.45, 7) is 4.25. The van der Waals surface area contributed by atoms with Gasteiger partial charge in [-0.15, -0.1) is 0 Å². The molecule has 186 valence electrons. The van der Waals surface area contributed by atoms with Gasteiger partial charge in [-0.3, -0.25) is 9.78 Å². The Labute approximate surface area is 216 Å². The zero-order valence-corrected chi connectivity index (χ0v) is 20.8. The molecule has 8 nitrogen and oxygen atoms in total. The lowest BCUT2D eigenvalue weighted by Crippen LogP contribution is -2.25. The van der Waals surface area contributed by atoms with Gasteiger partial charge < -0.3 is 15.2 Å². The molecule has 0 aliphatic carbocycles. The molecule has 0 aliphatic heterocycles. The molecule has 0 bridgehead atoms. The van der Waals surface area contributed by atoms with Crippen molar-refractivity contribution >= 4 is 34.2 Å². The summed E-state index contributed by atoms with van der Waals surface area (Å²) in [5, 5.41) is 11.5. The van der Waals surface area contributed by atoms with E-state index in [0.29, 0.717) is 34.2 Å². The molecule has 5 aromatic rings. The van der Waals surface area contributed by atoms with Crippen molar-refractivity contribution in [2.45, 2.75) is 26.9 Å². The van der Waals surface area contributed by atoms with Crippen molar-refractivity contribution in [3.63, 3.8) is 0 Å². The number of nitrogens with zero attached hydrogens (tertiary/aromatic N) is 4. The van der Waals surface area contributed by atoms with E-state index in [1.807, 2.05) is 50.2 Å². The molecule has 0 atom stereocenters. The normalized spacial score (nSPS) is 11.0. The second kappa shape index (κ2) is 10.3. The molecule has 10 heteroatoms.